The van der Waals surface area contributed by atoms with Crippen LogP contribution in [0.15, 0.2) is 48.5 Å². The molecule has 0 unspecified atom stereocenters. The van der Waals surface area contributed by atoms with E-state index < -0.39 is 11.5 Å². The first-order valence-electron chi connectivity index (χ1n) is 12.5. The molecular formula is C28H30FN3O3. The van der Waals surface area contributed by atoms with E-state index >= 15 is 0 Å². The average Bonchev–Trinajstić information content (AvgIpc) is 3.50. The summed E-state index contributed by atoms with van der Waals surface area (Å²) >= 11 is 0. The Balaban J connectivity index is 1.40. The van der Waals surface area contributed by atoms with Crippen molar-refractivity contribution in [3.8, 4) is 17.2 Å². The number of likely N-dealkylation sites (tertiary alicyclic amines) is 1. The van der Waals surface area contributed by atoms with Crippen molar-refractivity contribution >= 4 is 11.8 Å². The number of nitrogens with one attached hydrogen (secondary N) is 1. The third kappa shape index (κ3) is 4.68. The van der Waals surface area contributed by atoms with E-state index in [-0.39, 0.29) is 29.7 Å². The van der Waals surface area contributed by atoms with Gasteiger partial charge in [0.1, 0.15) is 17.3 Å². The number of rotatable bonds is 6. The average molecular weight is 476 g/mol. The van der Waals surface area contributed by atoms with Crippen LogP contribution in [0.25, 0.3) is 11.1 Å². The van der Waals surface area contributed by atoms with E-state index in [0.29, 0.717) is 45.3 Å². The van der Waals surface area contributed by atoms with E-state index in [9.17, 15) is 19.2 Å². The fraction of sp³-hybridized carbons (Fsp3) is 0.464. The summed E-state index contributed by atoms with van der Waals surface area (Å²) in [5.41, 5.74) is 1.74. The second-order valence-corrected chi connectivity index (χ2v) is 9.93. The summed E-state index contributed by atoms with van der Waals surface area (Å²) in [6.07, 6.45) is 4.38. The van der Waals surface area contributed by atoms with Crippen molar-refractivity contribution in [2.24, 2.45) is 5.41 Å². The molecule has 3 aliphatic rings. The molecule has 2 aromatic carbocycles. The Kier molecular flexibility index (Phi) is 6.57. The van der Waals surface area contributed by atoms with Gasteiger partial charge in [-0.3, -0.25) is 9.59 Å². The minimum absolute atomic E-state index is 0.119. The lowest BCUT2D eigenvalue weighted by Gasteiger charge is -2.39. The van der Waals surface area contributed by atoms with Crippen LogP contribution in [0.3, 0.4) is 0 Å². The monoisotopic (exact) mass is 475 g/mol. The summed E-state index contributed by atoms with van der Waals surface area (Å²) in [7, 11) is 0. The van der Waals surface area contributed by atoms with Crippen molar-refractivity contribution in [2.45, 2.75) is 63.1 Å². The lowest BCUT2D eigenvalue weighted by Crippen LogP contribution is -2.54. The molecule has 5 rings (SSSR count). The minimum atomic E-state index is -0.935. The number of carbonyl (C=O) groups excluding carboxylic acids is 2. The second-order valence-electron chi connectivity index (χ2n) is 9.93. The molecule has 3 fully saturated rings. The number of carbonyl (C=O) groups is 2. The number of ether oxygens (including phenoxy) is 1. The van der Waals surface area contributed by atoms with E-state index in [0.717, 1.165) is 29.5 Å². The van der Waals surface area contributed by atoms with Crippen LogP contribution in [-0.2, 0) is 20.7 Å². The number of nitriles is 1. The van der Waals surface area contributed by atoms with E-state index in [1.807, 2.05) is 35.2 Å². The highest BCUT2D eigenvalue weighted by atomic mass is 19.1. The highest BCUT2D eigenvalue weighted by molar-refractivity contribution is 5.87. The molecule has 1 aliphatic carbocycles. The summed E-state index contributed by atoms with van der Waals surface area (Å²) in [4.78, 5) is 28.2. The molecule has 3 atom stereocenters. The molecule has 35 heavy (non-hydrogen) atoms. The first kappa shape index (κ1) is 23.5. The zero-order valence-electron chi connectivity index (χ0n) is 19.7. The molecule has 1 saturated carbocycles. The van der Waals surface area contributed by atoms with Gasteiger partial charge in [-0.05, 0) is 73.8 Å². The maximum Gasteiger partial charge on any atom is 0.249 e. The molecule has 2 amide bonds. The Hall–Kier alpha value is -3.24. The van der Waals surface area contributed by atoms with Crippen LogP contribution in [0, 0.1) is 22.6 Å². The summed E-state index contributed by atoms with van der Waals surface area (Å²) in [5, 5.41) is 12.9. The highest BCUT2D eigenvalue weighted by Crippen LogP contribution is 2.43. The van der Waals surface area contributed by atoms with E-state index in [4.69, 9.17) is 4.74 Å². The number of benzene rings is 2. The van der Waals surface area contributed by atoms with Gasteiger partial charge in [0.15, 0.2) is 0 Å². The van der Waals surface area contributed by atoms with Gasteiger partial charge in [0.25, 0.3) is 0 Å². The normalized spacial score (nSPS) is 25.0. The fourth-order valence-electron chi connectivity index (χ4n) is 5.55. The molecule has 7 heteroatoms. The Morgan fingerprint density at radius 3 is 2.54 bits per heavy atom. The van der Waals surface area contributed by atoms with Gasteiger partial charge in [-0.2, -0.15) is 5.26 Å². The lowest BCUT2D eigenvalue weighted by molar-refractivity contribution is -0.144. The van der Waals surface area contributed by atoms with Gasteiger partial charge in [-0.1, -0.05) is 36.4 Å². The predicted octanol–water partition coefficient (Wildman–Crippen LogP) is 3.99. The summed E-state index contributed by atoms with van der Waals surface area (Å²) in [6.45, 7) is 1.10. The van der Waals surface area contributed by atoms with Crippen LogP contribution >= 0.6 is 0 Å². The Bertz CT molecular complexity index is 1150. The molecule has 182 valence electrons. The molecule has 0 spiro atoms. The standard InChI is InChI=1S/C28H30FN3O3/c29-22-8-2-7-21(17-22)20-6-1-5-19(15-20)16-24-23(31-26(33)25-9-3-14-35-25)10-13-32(24)27(34)28(18-30)11-4-12-28/h1-2,5-8,15,17,23-25H,3-4,9-14,16H2,(H,31,33)/t23-,24-,25-/m0/s1. The predicted molar refractivity (Wildman–Crippen MR) is 128 cm³/mol. The number of hydrogen-bond acceptors (Lipinski definition) is 4. The van der Waals surface area contributed by atoms with Gasteiger partial charge in [0.05, 0.1) is 18.2 Å². The van der Waals surface area contributed by atoms with Gasteiger partial charge < -0.3 is 15.0 Å². The van der Waals surface area contributed by atoms with Crippen LogP contribution < -0.4 is 5.32 Å². The number of hydrogen-bond donors (Lipinski definition) is 1. The number of nitrogens with zero attached hydrogens (tertiary/aromatic N) is 2. The Labute approximate surface area is 205 Å². The van der Waals surface area contributed by atoms with E-state index in [1.165, 1.54) is 12.1 Å². The maximum atomic E-state index is 13.8. The third-order valence-electron chi connectivity index (χ3n) is 7.72. The molecule has 2 aliphatic heterocycles. The smallest absolute Gasteiger partial charge is 0.249 e. The van der Waals surface area contributed by atoms with Crippen LogP contribution in [-0.4, -0.2) is 48.1 Å². The largest absolute Gasteiger partial charge is 0.368 e. The molecule has 0 aromatic heterocycles. The highest BCUT2D eigenvalue weighted by Gasteiger charge is 2.51. The van der Waals surface area contributed by atoms with Crippen molar-refractivity contribution in [2.75, 3.05) is 13.2 Å². The molecule has 0 radical (unpaired) electrons. The lowest BCUT2D eigenvalue weighted by atomic mass is 9.69. The van der Waals surface area contributed by atoms with E-state index in [2.05, 4.69) is 11.4 Å². The fourth-order valence-corrected chi connectivity index (χ4v) is 5.55. The Morgan fingerprint density at radius 1 is 1.11 bits per heavy atom. The summed E-state index contributed by atoms with van der Waals surface area (Å²) < 4.78 is 19.3. The maximum absolute atomic E-state index is 13.8. The third-order valence-corrected chi connectivity index (χ3v) is 7.72. The van der Waals surface area contributed by atoms with Gasteiger partial charge in [0.2, 0.25) is 11.8 Å². The first-order chi connectivity index (χ1) is 17.0. The van der Waals surface area contributed by atoms with Crippen molar-refractivity contribution in [1.82, 2.24) is 10.2 Å². The first-order valence-corrected chi connectivity index (χ1v) is 12.5. The zero-order chi connectivity index (χ0) is 24.4. The molecule has 2 saturated heterocycles. The van der Waals surface area contributed by atoms with Crippen molar-refractivity contribution in [1.29, 1.82) is 5.26 Å². The quantitative estimate of drug-likeness (QED) is 0.685. The molecule has 1 N–H and O–H groups in total. The van der Waals surface area contributed by atoms with Gasteiger partial charge in [0, 0.05) is 13.2 Å². The minimum Gasteiger partial charge on any atom is -0.368 e. The molecule has 0 bridgehead atoms. The summed E-state index contributed by atoms with van der Waals surface area (Å²) in [6, 6.07) is 16.1. The molecule has 6 nitrogen and oxygen atoms in total. The van der Waals surface area contributed by atoms with Crippen LogP contribution in [0.4, 0.5) is 4.39 Å². The van der Waals surface area contributed by atoms with Gasteiger partial charge >= 0.3 is 0 Å². The Morgan fingerprint density at radius 2 is 1.89 bits per heavy atom. The van der Waals surface area contributed by atoms with Gasteiger partial charge in [-0.25, -0.2) is 4.39 Å². The SMILES string of the molecule is N#CC1(C(=O)N2CC[C@H](NC(=O)[C@@H]3CCCO3)[C@@H]2Cc2cccc(-c3cccc(F)c3)c2)CCC1. The van der Waals surface area contributed by atoms with Crippen molar-refractivity contribution in [3.63, 3.8) is 0 Å². The summed E-state index contributed by atoms with van der Waals surface area (Å²) in [5.74, 6) is -0.537. The van der Waals surface area contributed by atoms with E-state index in [1.54, 1.807) is 6.07 Å². The zero-order valence-corrected chi connectivity index (χ0v) is 19.7. The molecular weight excluding hydrogens is 445 g/mol. The van der Waals surface area contributed by atoms with Crippen LogP contribution in [0.5, 0.6) is 0 Å². The second kappa shape index (κ2) is 9.79. The molecule has 2 aromatic rings. The number of amides is 2. The molecule has 2 heterocycles. The van der Waals surface area contributed by atoms with Crippen molar-refractivity contribution < 1.29 is 18.7 Å². The number of halogens is 1. The van der Waals surface area contributed by atoms with Crippen LogP contribution in [0.2, 0.25) is 0 Å². The van der Waals surface area contributed by atoms with Crippen LogP contribution in [0.1, 0.15) is 44.1 Å². The van der Waals surface area contributed by atoms with Crippen molar-refractivity contribution in [3.05, 3.63) is 59.9 Å². The topological polar surface area (TPSA) is 82.4 Å². The van der Waals surface area contributed by atoms with Gasteiger partial charge in [-0.15, -0.1) is 0 Å².